The molecule has 3 aromatic carbocycles. The van der Waals surface area contributed by atoms with Crippen molar-refractivity contribution < 1.29 is 9.63 Å². The molecule has 1 amide bonds. The number of halogens is 1. The molecule has 0 atom stereocenters. The molecule has 0 saturated heterocycles. The van der Waals surface area contributed by atoms with Gasteiger partial charge in [-0.1, -0.05) is 46.8 Å². The number of carbonyl (C=O) groups excluding carboxylic acids is 1. The van der Waals surface area contributed by atoms with Crippen LogP contribution in [0.3, 0.4) is 0 Å². The number of nitrogens with zero attached hydrogens (tertiary/aromatic N) is 3. The maximum atomic E-state index is 12.3. The Hall–Kier alpha value is -3.38. The molecule has 0 bridgehead atoms. The summed E-state index contributed by atoms with van der Waals surface area (Å²) in [7, 11) is 0. The molecular formula is C20H15ClN4O2. The van der Waals surface area contributed by atoms with Gasteiger partial charge in [0.25, 0.3) is 5.91 Å². The van der Waals surface area contributed by atoms with Crippen molar-refractivity contribution in [3.05, 3.63) is 88.9 Å². The minimum Gasteiger partial charge on any atom is -0.390 e. The molecule has 0 aliphatic rings. The van der Waals surface area contributed by atoms with Crippen LogP contribution in [0.2, 0.25) is 5.02 Å². The van der Waals surface area contributed by atoms with Gasteiger partial charge in [-0.15, -0.1) is 5.10 Å². The largest absolute Gasteiger partial charge is 0.390 e. The van der Waals surface area contributed by atoms with E-state index in [0.717, 1.165) is 11.3 Å². The minimum atomic E-state index is -0.161. The van der Waals surface area contributed by atoms with Gasteiger partial charge in [0.1, 0.15) is 17.6 Å². The van der Waals surface area contributed by atoms with E-state index in [-0.39, 0.29) is 12.5 Å². The predicted octanol–water partition coefficient (Wildman–Crippen LogP) is 3.97. The number of fused-ring (bicyclic) bond motifs is 1. The Labute approximate surface area is 160 Å². The first-order chi connectivity index (χ1) is 13.2. The van der Waals surface area contributed by atoms with Gasteiger partial charge in [-0.05, 0) is 53.2 Å². The van der Waals surface area contributed by atoms with Crippen LogP contribution >= 0.6 is 11.6 Å². The molecule has 1 N–H and O–H groups in total. The van der Waals surface area contributed by atoms with Gasteiger partial charge in [0, 0.05) is 16.3 Å². The number of hydrogen-bond donors (Lipinski definition) is 1. The first-order valence-electron chi connectivity index (χ1n) is 8.29. The molecule has 7 heteroatoms. The zero-order valence-electron chi connectivity index (χ0n) is 14.2. The fourth-order valence-corrected chi connectivity index (χ4v) is 2.75. The number of para-hydroxylation sites is 1. The van der Waals surface area contributed by atoms with Crippen LogP contribution in [-0.4, -0.2) is 21.1 Å². The highest BCUT2D eigenvalue weighted by Crippen LogP contribution is 2.17. The van der Waals surface area contributed by atoms with E-state index >= 15 is 0 Å². The number of nitrogens with one attached hydrogen (secondary N) is 1. The normalized spacial score (nSPS) is 10.7. The zero-order valence-corrected chi connectivity index (χ0v) is 14.9. The molecule has 0 spiro atoms. The standard InChI is InChI=1S/C20H15ClN4O2/c21-16-10-11-18-19(12-16)25(24-23-18)27-13-14-6-8-15(9-7-14)20(26)22-17-4-2-1-3-5-17/h1-12H,13H2,(H,22,26). The van der Waals surface area contributed by atoms with Crippen molar-refractivity contribution in [2.75, 3.05) is 5.32 Å². The fraction of sp³-hybridized carbons (Fsp3) is 0.0500. The van der Waals surface area contributed by atoms with Crippen LogP contribution in [0.25, 0.3) is 11.0 Å². The fourth-order valence-electron chi connectivity index (χ4n) is 2.58. The highest BCUT2D eigenvalue weighted by atomic mass is 35.5. The van der Waals surface area contributed by atoms with Gasteiger partial charge >= 0.3 is 0 Å². The SMILES string of the molecule is O=C(Nc1ccccc1)c1ccc(COn2nnc3ccc(Cl)cc32)cc1. The number of carbonyl (C=O) groups is 1. The molecule has 1 heterocycles. The van der Waals surface area contributed by atoms with Crippen molar-refractivity contribution in [3.63, 3.8) is 0 Å². The molecule has 4 rings (SSSR count). The third-order valence-electron chi connectivity index (χ3n) is 3.98. The van der Waals surface area contributed by atoms with Gasteiger partial charge in [-0.2, -0.15) is 0 Å². The van der Waals surface area contributed by atoms with Crippen LogP contribution in [0, 0.1) is 0 Å². The second-order valence-electron chi connectivity index (χ2n) is 5.89. The summed E-state index contributed by atoms with van der Waals surface area (Å²) in [5.74, 6) is -0.161. The summed E-state index contributed by atoms with van der Waals surface area (Å²) in [5.41, 5.74) is 3.62. The van der Waals surface area contributed by atoms with E-state index < -0.39 is 0 Å². The smallest absolute Gasteiger partial charge is 0.255 e. The number of anilines is 1. The molecule has 0 saturated carbocycles. The number of aromatic nitrogens is 3. The van der Waals surface area contributed by atoms with Crippen LogP contribution in [0.15, 0.2) is 72.8 Å². The molecule has 0 fully saturated rings. The van der Waals surface area contributed by atoms with E-state index in [1.807, 2.05) is 42.5 Å². The summed E-state index contributed by atoms with van der Waals surface area (Å²) >= 11 is 6.01. The Morgan fingerprint density at radius 2 is 1.81 bits per heavy atom. The second-order valence-corrected chi connectivity index (χ2v) is 6.32. The quantitative estimate of drug-likeness (QED) is 0.570. The highest BCUT2D eigenvalue weighted by molar-refractivity contribution is 6.31. The van der Waals surface area contributed by atoms with Crippen LogP contribution in [0.4, 0.5) is 5.69 Å². The van der Waals surface area contributed by atoms with E-state index in [1.165, 1.54) is 4.85 Å². The summed E-state index contributed by atoms with van der Waals surface area (Å²) in [6.45, 7) is 0.283. The molecule has 4 aromatic rings. The summed E-state index contributed by atoms with van der Waals surface area (Å²) in [6.07, 6.45) is 0. The molecule has 0 unspecified atom stereocenters. The number of benzene rings is 3. The van der Waals surface area contributed by atoms with Crippen LogP contribution in [-0.2, 0) is 6.61 Å². The molecule has 1 aromatic heterocycles. The minimum absolute atomic E-state index is 0.161. The molecular weight excluding hydrogens is 364 g/mol. The van der Waals surface area contributed by atoms with Crippen LogP contribution < -0.4 is 10.2 Å². The second kappa shape index (κ2) is 7.47. The van der Waals surface area contributed by atoms with Crippen LogP contribution in [0.5, 0.6) is 0 Å². The van der Waals surface area contributed by atoms with Crippen molar-refractivity contribution in [1.29, 1.82) is 0 Å². The first-order valence-corrected chi connectivity index (χ1v) is 8.66. The number of rotatable bonds is 5. The summed E-state index contributed by atoms with van der Waals surface area (Å²) in [4.78, 5) is 19.3. The van der Waals surface area contributed by atoms with Crippen molar-refractivity contribution >= 4 is 34.2 Å². The monoisotopic (exact) mass is 378 g/mol. The van der Waals surface area contributed by atoms with Gasteiger partial charge in [0.15, 0.2) is 0 Å². The number of amides is 1. The van der Waals surface area contributed by atoms with Gasteiger partial charge < -0.3 is 10.2 Å². The first kappa shape index (κ1) is 17.1. The summed E-state index contributed by atoms with van der Waals surface area (Å²) in [6, 6.07) is 21.8. The predicted molar refractivity (Wildman–Crippen MR) is 104 cm³/mol. The lowest BCUT2D eigenvalue weighted by atomic mass is 10.1. The lowest BCUT2D eigenvalue weighted by molar-refractivity contribution is 0.0751. The zero-order chi connectivity index (χ0) is 18.6. The van der Waals surface area contributed by atoms with Gasteiger partial charge in [-0.25, -0.2) is 0 Å². The highest BCUT2D eigenvalue weighted by Gasteiger charge is 2.08. The third kappa shape index (κ3) is 3.91. The van der Waals surface area contributed by atoms with E-state index in [1.54, 1.807) is 30.3 Å². The van der Waals surface area contributed by atoms with E-state index in [9.17, 15) is 4.79 Å². The van der Waals surface area contributed by atoms with Gasteiger partial charge in [0.2, 0.25) is 0 Å². The van der Waals surface area contributed by atoms with Crippen LogP contribution in [0.1, 0.15) is 15.9 Å². The average Bonchev–Trinajstić information content (AvgIpc) is 3.09. The lowest BCUT2D eigenvalue weighted by Gasteiger charge is -2.08. The van der Waals surface area contributed by atoms with Crippen molar-refractivity contribution in [1.82, 2.24) is 15.2 Å². The average molecular weight is 379 g/mol. The molecule has 0 aliphatic heterocycles. The van der Waals surface area contributed by atoms with E-state index in [4.69, 9.17) is 16.4 Å². The van der Waals surface area contributed by atoms with Gasteiger partial charge in [0.05, 0.1) is 0 Å². The molecule has 0 radical (unpaired) electrons. The van der Waals surface area contributed by atoms with Crippen molar-refractivity contribution in [3.8, 4) is 0 Å². The third-order valence-corrected chi connectivity index (χ3v) is 4.21. The van der Waals surface area contributed by atoms with Gasteiger partial charge in [-0.3, -0.25) is 4.79 Å². The molecule has 0 aliphatic carbocycles. The molecule has 134 valence electrons. The lowest BCUT2D eigenvalue weighted by Crippen LogP contribution is -2.14. The Morgan fingerprint density at radius 3 is 2.59 bits per heavy atom. The molecule has 27 heavy (non-hydrogen) atoms. The van der Waals surface area contributed by atoms with E-state index in [2.05, 4.69) is 15.6 Å². The van der Waals surface area contributed by atoms with Crippen molar-refractivity contribution in [2.24, 2.45) is 0 Å². The maximum Gasteiger partial charge on any atom is 0.255 e. The maximum absolute atomic E-state index is 12.3. The Bertz CT molecular complexity index is 1080. The Balaban J connectivity index is 1.41. The van der Waals surface area contributed by atoms with E-state index in [0.29, 0.717) is 21.6 Å². The topological polar surface area (TPSA) is 69.0 Å². The Kier molecular flexibility index (Phi) is 4.72. The summed E-state index contributed by atoms with van der Waals surface area (Å²) < 4.78 is 0. The Morgan fingerprint density at radius 1 is 1.04 bits per heavy atom. The van der Waals surface area contributed by atoms with Crippen molar-refractivity contribution in [2.45, 2.75) is 6.61 Å². The summed E-state index contributed by atoms with van der Waals surface area (Å²) in [5, 5.41) is 11.4. The molecule has 6 nitrogen and oxygen atoms in total. The number of hydrogen-bond acceptors (Lipinski definition) is 4.